The Bertz CT molecular complexity index is 908. The van der Waals surface area contributed by atoms with Gasteiger partial charge in [0, 0.05) is 18.3 Å². The van der Waals surface area contributed by atoms with Crippen LogP contribution in [0.25, 0.3) is 11.5 Å². The fourth-order valence-electron chi connectivity index (χ4n) is 2.50. The van der Waals surface area contributed by atoms with Gasteiger partial charge in [-0.1, -0.05) is 36.0 Å². The van der Waals surface area contributed by atoms with Gasteiger partial charge in [0.05, 0.1) is 5.25 Å². The summed E-state index contributed by atoms with van der Waals surface area (Å²) in [5.41, 5.74) is 4.12. The summed E-state index contributed by atoms with van der Waals surface area (Å²) in [5.74, 6) is 0.443. The first kappa shape index (κ1) is 18.2. The number of hydrogen-bond acceptors (Lipinski definition) is 5. The van der Waals surface area contributed by atoms with Crippen molar-refractivity contribution in [2.75, 3.05) is 11.9 Å². The smallest absolute Gasteiger partial charge is 0.277 e. The number of aromatic nitrogens is 2. The number of anilines is 1. The molecule has 3 aromatic rings. The predicted octanol–water partition coefficient (Wildman–Crippen LogP) is 4.50. The second-order valence-electron chi connectivity index (χ2n) is 6.17. The molecule has 0 unspecified atom stereocenters. The average Bonchev–Trinajstić information content (AvgIpc) is 3.12. The van der Waals surface area contributed by atoms with Crippen molar-refractivity contribution < 1.29 is 9.21 Å². The summed E-state index contributed by atoms with van der Waals surface area (Å²) in [4.78, 5) is 14.3. The molecule has 0 radical (unpaired) electrons. The number of para-hydroxylation sites is 1. The van der Waals surface area contributed by atoms with Crippen LogP contribution in [-0.2, 0) is 4.79 Å². The highest BCUT2D eigenvalue weighted by Crippen LogP contribution is 2.28. The molecule has 0 fully saturated rings. The van der Waals surface area contributed by atoms with E-state index in [0.717, 1.165) is 11.3 Å². The molecule has 0 spiro atoms. The lowest BCUT2D eigenvalue weighted by molar-refractivity contribution is -0.117. The Morgan fingerprint density at radius 3 is 2.50 bits per heavy atom. The van der Waals surface area contributed by atoms with E-state index in [9.17, 15) is 4.79 Å². The highest BCUT2D eigenvalue weighted by atomic mass is 32.2. The SMILES string of the molecule is Cc1ccc(-c2nnc(S[C@@H](C)C(=O)N(C)c3ccccc3)o2)cc1C. The fourth-order valence-corrected chi connectivity index (χ4v) is 3.28. The van der Waals surface area contributed by atoms with Gasteiger partial charge in [-0.2, -0.15) is 0 Å². The van der Waals surface area contributed by atoms with Crippen LogP contribution in [0.5, 0.6) is 0 Å². The van der Waals surface area contributed by atoms with Crippen LogP contribution in [0.15, 0.2) is 58.2 Å². The molecular weight excluding hydrogens is 346 g/mol. The van der Waals surface area contributed by atoms with Crippen LogP contribution in [-0.4, -0.2) is 28.4 Å². The molecule has 6 heteroatoms. The van der Waals surface area contributed by atoms with Crippen molar-refractivity contribution >= 4 is 23.4 Å². The molecule has 134 valence electrons. The fraction of sp³-hybridized carbons (Fsp3) is 0.250. The van der Waals surface area contributed by atoms with Gasteiger partial charge in [0.25, 0.3) is 5.22 Å². The Labute approximate surface area is 157 Å². The van der Waals surface area contributed by atoms with Crippen LogP contribution in [0.4, 0.5) is 5.69 Å². The molecule has 0 aliphatic rings. The Morgan fingerprint density at radius 2 is 1.81 bits per heavy atom. The lowest BCUT2D eigenvalue weighted by Crippen LogP contribution is -2.33. The largest absolute Gasteiger partial charge is 0.411 e. The third kappa shape index (κ3) is 3.96. The Morgan fingerprint density at radius 1 is 1.08 bits per heavy atom. The molecule has 3 rings (SSSR count). The van der Waals surface area contributed by atoms with Crippen LogP contribution in [0.1, 0.15) is 18.1 Å². The Balaban J connectivity index is 1.70. The minimum absolute atomic E-state index is 0.0212. The number of nitrogens with zero attached hydrogens (tertiary/aromatic N) is 3. The van der Waals surface area contributed by atoms with E-state index in [1.165, 1.54) is 22.9 Å². The van der Waals surface area contributed by atoms with E-state index in [1.807, 2.05) is 62.4 Å². The third-order valence-electron chi connectivity index (χ3n) is 4.26. The van der Waals surface area contributed by atoms with Crippen molar-refractivity contribution in [2.45, 2.75) is 31.2 Å². The summed E-state index contributed by atoms with van der Waals surface area (Å²) >= 11 is 1.27. The molecule has 1 atom stereocenters. The van der Waals surface area contributed by atoms with Crippen molar-refractivity contribution in [2.24, 2.45) is 0 Å². The van der Waals surface area contributed by atoms with E-state index >= 15 is 0 Å². The third-order valence-corrected chi connectivity index (χ3v) is 5.18. The number of carbonyl (C=O) groups is 1. The monoisotopic (exact) mass is 367 g/mol. The van der Waals surface area contributed by atoms with E-state index in [2.05, 4.69) is 17.1 Å². The molecule has 26 heavy (non-hydrogen) atoms. The highest BCUT2D eigenvalue weighted by Gasteiger charge is 2.22. The highest BCUT2D eigenvalue weighted by molar-refractivity contribution is 8.00. The second kappa shape index (κ2) is 7.74. The number of thioether (sulfide) groups is 1. The molecule has 0 aliphatic carbocycles. The zero-order chi connectivity index (χ0) is 18.7. The zero-order valence-corrected chi connectivity index (χ0v) is 16.1. The van der Waals surface area contributed by atoms with E-state index < -0.39 is 0 Å². The van der Waals surface area contributed by atoms with E-state index in [0.29, 0.717) is 11.1 Å². The first-order chi connectivity index (χ1) is 12.5. The molecule has 1 amide bonds. The summed E-state index contributed by atoms with van der Waals surface area (Å²) in [7, 11) is 1.77. The summed E-state index contributed by atoms with van der Waals surface area (Å²) in [6.07, 6.45) is 0. The van der Waals surface area contributed by atoms with Gasteiger partial charge in [0.15, 0.2) is 0 Å². The first-order valence-corrected chi connectivity index (χ1v) is 9.24. The molecule has 0 N–H and O–H groups in total. The maximum atomic E-state index is 12.6. The van der Waals surface area contributed by atoms with E-state index in [1.54, 1.807) is 11.9 Å². The topological polar surface area (TPSA) is 59.2 Å². The number of amides is 1. The van der Waals surface area contributed by atoms with Gasteiger partial charge in [0.2, 0.25) is 11.8 Å². The number of carbonyl (C=O) groups excluding carboxylic acids is 1. The van der Waals surface area contributed by atoms with Crippen molar-refractivity contribution in [3.05, 3.63) is 59.7 Å². The van der Waals surface area contributed by atoms with Gasteiger partial charge < -0.3 is 9.32 Å². The Hall–Kier alpha value is -2.60. The number of benzene rings is 2. The number of rotatable bonds is 5. The average molecular weight is 367 g/mol. The summed E-state index contributed by atoms with van der Waals surface area (Å²) < 4.78 is 5.74. The molecule has 0 saturated carbocycles. The van der Waals surface area contributed by atoms with E-state index in [4.69, 9.17) is 4.42 Å². The normalized spacial score (nSPS) is 12.0. The minimum Gasteiger partial charge on any atom is -0.411 e. The van der Waals surface area contributed by atoms with Crippen LogP contribution in [0.3, 0.4) is 0 Å². The standard InChI is InChI=1S/C20H21N3O2S/c1-13-10-11-16(12-14(13)2)18-21-22-20(25-18)26-15(3)19(24)23(4)17-8-6-5-7-9-17/h5-12,15H,1-4H3/t15-/m0/s1. The molecule has 5 nitrogen and oxygen atoms in total. The number of hydrogen-bond donors (Lipinski definition) is 0. The molecule has 0 aliphatic heterocycles. The van der Waals surface area contributed by atoms with Crippen LogP contribution in [0, 0.1) is 13.8 Å². The van der Waals surface area contributed by atoms with Gasteiger partial charge in [-0.15, -0.1) is 10.2 Å². The van der Waals surface area contributed by atoms with Crippen molar-refractivity contribution in [1.29, 1.82) is 0 Å². The lowest BCUT2D eigenvalue weighted by atomic mass is 10.1. The summed E-state index contributed by atoms with van der Waals surface area (Å²) in [6.45, 7) is 5.95. The molecule has 1 aromatic heterocycles. The first-order valence-electron chi connectivity index (χ1n) is 8.36. The van der Waals surface area contributed by atoms with Crippen LogP contribution >= 0.6 is 11.8 Å². The molecule has 2 aromatic carbocycles. The number of aryl methyl sites for hydroxylation is 2. The van der Waals surface area contributed by atoms with Gasteiger partial charge in [-0.3, -0.25) is 4.79 Å². The summed E-state index contributed by atoms with van der Waals surface area (Å²) in [6, 6.07) is 15.6. The van der Waals surface area contributed by atoms with Crippen molar-refractivity contribution in [1.82, 2.24) is 10.2 Å². The van der Waals surface area contributed by atoms with Gasteiger partial charge in [0.1, 0.15) is 0 Å². The van der Waals surface area contributed by atoms with Crippen molar-refractivity contribution in [3.8, 4) is 11.5 Å². The Kier molecular flexibility index (Phi) is 5.42. The predicted molar refractivity (Wildman–Crippen MR) is 104 cm³/mol. The van der Waals surface area contributed by atoms with E-state index in [-0.39, 0.29) is 11.2 Å². The van der Waals surface area contributed by atoms with Gasteiger partial charge in [-0.25, -0.2) is 0 Å². The molecular formula is C20H21N3O2S. The van der Waals surface area contributed by atoms with Gasteiger partial charge in [-0.05, 0) is 56.2 Å². The maximum Gasteiger partial charge on any atom is 0.277 e. The van der Waals surface area contributed by atoms with Gasteiger partial charge >= 0.3 is 0 Å². The maximum absolute atomic E-state index is 12.6. The molecule has 1 heterocycles. The molecule has 0 bridgehead atoms. The quantitative estimate of drug-likeness (QED) is 0.622. The summed E-state index contributed by atoms with van der Waals surface area (Å²) in [5, 5.41) is 8.23. The van der Waals surface area contributed by atoms with Crippen LogP contribution in [0.2, 0.25) is 0 Å². The molecule has 0 saturated heterocycles. The van der Waals surface area contributed by atoms with Crippen LogP contribution < -0.4 is 4.90 Å². The van der Waals surface area contributed by atoms with Crippen molar-refractivity contribution in [3.63, 3.8) is 0 Å². The zero-order valence-electron chi connectivity index (χ0n) is 15.3. The second-order valence-corrected chi connectivity index (χ2v) is 7.46. The minimum atomic E-state index is -0.340. The lowest BCUT2D eigenvalue weighted by Gasteiger charge is -2.20.